The Labute approximate surface area is 179 Å². The molecule has 0 saturated heterocycles. The molecule has 11 heteroatoms. The summed E-state index contributed by atoms with van der Waals surface area (Å²) in [6.45, 7) is 8.38. The Hall–Kier alpha value is -2.24. The topological polar surface area (TPSA) is 183 Å². The minimum atomic E-state index is -1.20. The van der Waals surface area contributed by atoms with Crippen molar-refractivity contribution in [3.8, 4) is 0 Å². The van der Waals surface area contributed by atoms with E-state index in [0.29, 0.717) is 6.42 Å². The Morgan fingerprint density at radius 1 is 0.833 bits per heavy atom. The number of hydrogen-bond acceptors (Lipinski definition) is 7. The van der Waals surface area contributed by atoms with Gasteiger partial charge in [0.1, 0.15) is 6.04 Å². The smallest absolute Gasteiger partial charge is 0.326 e. The summed E-state index contributed by atoms with van der Waals surface area (Å²) in [6.07, 6.45) is 0.286. The van der Waals surface area contributed by atoms with Crippen molar-refractivity contribution < 1.29 is 29.4 Å². The first kappa shape index (κ1) is 32.4. The van der Waals surface area contributed by atoms with Crippen molar-refractivity contribution in [2.24, 2.45) is 5.73 Å². The van der Waals surface area contributed by atoms with Crippen LogP contribution in [0.2, 0.25) is 0 Å². The van der Waals surface area contributed by atoms with Crippen molar-refractivity contribution in [1.82, 2.24) is 21.3 Å². The van der Waals surface area contributed by atoms with Gasteiger partial charge in [-0.2, -0.15) is 0 Å². The molecule has 30 heavy (non-hydrogen) atoms. The molecule has 0 aromatic carbocycles. The van der Waals surface area contributed by atoms with Gasteiger partial charge in [0, 0.05) is 19.5 Å². The highest BCUT2D eigenvalue weighted by Gasteiger charge is 2.24. The first-order chi connectivity index (χ1) is 14.3. The van der Waals surface area contributed by atoms with Crippen LogP contribution < -0.4 is 27.0 Å². The number of carboxylic acid groups (broad SMARTS) is 2. The summed E-state index contributed by atoms with van der Waals surface area (Å²) in [6, 6.07) is -2.45. The van der Waals surface area contributed by atoms with Crippen LogP contribution in [-0.2, 0) is 19.2 Å². The zero-order valence-corrected chi connectivity index (χ0v) is 19.1. The van der Waals surface area contributed by atoms with Gasteiger partial charge in [-0.05, 0) is 33.4 Å². The number of nitrogens with two attached hydrogens (primary N) is 1. The molecule has 1 unspecified atom stereocenters. The van der Waals surface area contributed by atoms with Gasteiger partial charge in [0.25, 0.3) is 0 Å². The second kappa shape index (κ2) is 21.5. The largest absolute Gasteiger partial charge is 0.481 e. The zero-order chi connectivity index (χ0) is 24.1. The number of amides is 2. The molecule has 11 nitrogen and oxygen atoms in total. The van der Waals surface area contributed by atoms with E-state index in [9.17, 15) is 24.3 Å². The molecule has 0 fully saturated rings. The van der Waals surface area contributed by atoms with E-state index in [1.54, 1.807) is 7.05 Å². The van der Waals surface area contributed by atoms with Gasteiger partial charge >= 0.3 is 11.9 Å². The number of nitrogens with one attached hydrogen (secondary N) is 4. The van der Waals surface area contributed by atoms with Gasteiger partial charge in [-0.25, -0.2) is 4.79 Å². The van der Waals surface area contributed by atoms with Crippen molar-refractivity contribution in [1.29, 1.82) is 0 Å². The lowest BCUT2D eigenvalue weighted by Gasteiger charge is -2.20. The molecule has 0 spiro atoms. The molecule has 0 heterocycles. The summed E-state index contributed by atoms with van der Waals surface area (Å²) in [5.74, 6) is -3.10. The number of hydrogen-bond donors (Lipinski definition) is 7. The van der Waals surface area contributed by atoms with Crippen LogP contribution in [0.4, 0.5) is 0 Å². The molecule has 0 aromatic rings. The Balaban J connectivity index is -0.00000171. The van der Waals surface area contributed by atoms with Crippen LogP contribution in [0.3, 0.4) is 0 Å². The van der Waals surface area contributed by atoms with E-state index in [4.69, 9.17) is 10.8 Å². The Morgan fingerprint density at radius 2 is 1.37 bits per heavy atom. The molecule has 0 aliphatic heterocycles. The number of likely N-dealkylation sites (N-methyl/N-ethyl adjacent to an activating group) is 2. The summed E-state index contributed by atoms with van der Waals surface area (Å²) in [4.78, 5) is 45.7. The lowest BCUT2D eigenvalue weighted by molar-refractivity contribution is -0.142. The predicted octanol–water partition coefficient (Wildman–Crippen LogP) is -0.496. The summed E-state index contributed by atoms with van der Waals surface area (Å²) < 4.78 is 0. The minimum Gasteiger partial charge on any atom is -0.481 e. The van der Waals surface area contributed by atoms with Crippen LogP contribution in [0.1, 0.15) is 53.4 Å². The molecule has 0 radical (unpaired) electrons. The van der Waals surface area contributed by atoms with Gasteiger partial charge in [0.15, 0.2) is 0 Å². The predicted molar refractivity (Wildman–Crippen MR) is 116 cm³/mol. The fraction of sp³-hybridized carbons (Fsp3) is 0.789. The van der Waals surface area contributed by atoms with E-state index < -0.39 is 36.0 Å². The van der Waals surface area contributed by atoms with Crippen molar-refractivity contribution >= 4 is 23.8 Å². The average Bonchev–Trinajstić information content (AvgIpc) is 2.74. The second-order valence-corrected chi connectivity index (χ2v) is 5.68. The van der Waals surface area contributed by atoms with Crippen molar-refractivity contribution in [3.05, 3.63) is 0 Å². The molecule has 178 valence electrons. The Morgan fingerprint density at radius 3 is 1.77 bits per heavy atom. The van der Waals surface area contributed by atoms with Gasteiger partial charge in [0.2, 0.25) is 11.8 Å². The standard InChI is InChI=1S/C15H29N5O6.2C2H6/c1-17-9(5-6-12(21)22)14(24)20-10(15(25)26)4-3-7-19-13(23)11(8-16)18-2;2*1-2/h9-11,17-18H,3-8,16H2,1-2H3,(H,19,23)(H,20,24)(H,21,22)(H,25,26);2*1-2H3/t9-,10?,11-;;/m0../s1. The normalized spacial score (nSPS) is 12.6. The van der Waals surface area contributed by atoms with Gasteiger partial charge in [-0.1, -0.05) is 27.7 Å². The van der Waals surface area contributed by atoms with E-state index in [0.717, 1.165) is 0 Å². The molecule has 0 aliphatic carbocycles. The zero-order valence-electron chi connectivity index (χ0n) is 19.1. The first-order valence-electron chi connectivity index (χ1n) is 10.3. The van der Waals surface area contributed by atoms with Crippen molar-refractivity contribution in [3.63, 3.8) is 0 Å². The van der Waals surface area contributed by atoms with Gasteiger partial charge < -0.3 is 37.2 Å². The number of carbonyl (C=O) groups excluding carboxylic acids is 2. The quantitative estimate of drug-likeness (QED) is 0.177. The summed E-state index contributed by atoms with van der Waals surface area (Å²) >= 11 is 0. The van der Waals surface area contributed by atoms with Gasteiger partial charge in [-0.3, -0.25) is 14.4 Å². The summed E-state index contributed by atoms with van der Waals surface area (Å²) in [5.41, 5.74) is 5.42. The monoisotopic (exact) mass is 435 g/mol. The fourth-order valence-electron chi connectivity index (χ4n) is 2.20. The maximum absolute atomic E-state index is 12.1. The van der Waals surface area contributed by atoms with E-state index in [1.165, 1.54) is 7.05 Å². The van der Waals surface area contributed by atoms with Crippen LogP contribution in [0.25, 0.3) is 0 Å². The van der Waals surface area contributed by atoms with E-state index in [2.05, 4.69) is 21.3 Å². The Kier molecular flexibility index (Phi) is 23.2. The molecule has 0 bridgehead atoms. The highest BCUT2D eigenvalue weighted by atomic mass is 16.4. The third kappa shape index (κ3) is 15.7. The molecule has 3 atom stereocenters. The molecule has 0 saturated carbocycles. The molecule has 0 rings (SSSR count). The maximum Gasteiger partial charge on any atom is 0.326 e. The third-order valence-electron chi connectivity index (χ3n) is 3.80. The molecular weight excluding hydrogens is 394 g/mol. The minimum absolute atomic E-state index is 0.0462. The molecular formula is C19H41N5O6. The number of aliphatic carboxylic acids is 2. The number of rotatable bonds is 14. The average molecular weight is 436 g/mol. The maximum atomic E-state index is 12.1. The van der Waals surface area contributed by atoms with Crippen molar-refractivity contribution in [2.45, 2.75) is 71.5 Å². The highest BCUT2D eigenvalue weighted by molar-refractivity contribution is 5.87. The van der Waals surface area contributed by atoms with Gasteiger partial charge in [0.05, 0.1) is 12.1 Å². The number of carbonyl (C=O) groups is 4. The van der Waals surface area contributed by atoms with E-state index >= 15 is 0 Å². The lowest BCUT2D eigenvalue weighted by atomic mass is 10.1. The van der Waals surface area contributed by atoms with E-state index in [-0.39, 0.29) is 38.3 Å². The summed E-state index contributed by atoms with van der Waals surface area (Å²) in [5, 5.41) is 28.3. The van der Waals surface area contributed by atoms with Crippen LogP contribution in [0.15, 0.2) is 0 Å². The van der Waals surface area contributed by atoms with Crippen LogP contribution >= 0.6 is 0 Å². The molecule has 8 N–H and O–H groups in total. The SMILES string of the molecule is CC.CC.CN[C@@H](CN)C(=O)NCCCC(NC(=O)[C@H](CCC(=O)O)NC)C(=O)O. The number of carboxylic acids is 2. The summed E-state index contributed by atoms with van der Waals surface area (Å²) in [7, 11) is 3.10. The van der Waals surface area contributed by atoms with E-state index in [1.807, 2.05) is 27.7 Å². The Bertz CT molecular complexity index is 486. The molecule has 0 aromatic heterocycles. The third-order valence-corrected chi connectivity index (χ3v) is 3.80. The van der Waals surface area contributed by atoms with Crippen LogP contribution in [0.5, 0.6) is 0 Å². The second-order valence-electron chi connectivity index (χ2n) is 5.68. The van der Waals surface area contributed by atoms with Crippen molar-refractivity contribution in [2.75, 3.05) is 27.2 Å². The highest BCUT2D eigenvalue weighted by Crippen LogP contribution is 2.02. The molecule has 0 aliphatic rings. The molecule has 2 amide bonds. The van der Waals surface area contributed by atoms with Gasteiger partial charge in [-0.15, -0.1) is 0 Å². The fourth-order valence-corrected chi connectivity index (χ4v) is 2.20. The van der Waals surface area contributed by atoms with Crippen LogP contribution in [0, 0.1) is 0 Å². The lowest BCUT2D eigenvalue weighted by Crippen LogP contribution is -2.50. The van der Waals surface area contributed by atoms with Crippen LogP contribution in [-0.4, -0.2) is 79.3 Å². The first-order valence-corrected chi connectivity index (χ1v) is 10.3.